The minimum Gasteiger partial charge on any atom is -0.334 e. The van der Waals surface area contributed by atoms with Crippen molar-refractivity contribution < 1.29 is 4.79 Å². The standard InChI is InChI=1S/C15H18N2O/c1-16-10-9-14-7-8-15(18)17(12-14)11-13-5-3-2-4-6-13/h2-6,9-10H,7-8,11-12H2,1H3/b14-9+,16-10?. The van der Waals surface area contributed by atoms with Crippen LogP contribution in [0.4, 0.5) is 0 Å². The fourth-order valence-electron chi connectivity index (χ4n) is 2.10. The average Bonchev–Trinajstić information content (AvgIpc) is 2.41. The lowest BCUT2D eigenvalue weighted by atomic mass is 10.0. The van der Waals surface area contributed by atoms with Crippen LogP contribution >= 0.6 is 0 Å². The Morgan fingerprint density at radius 2 is 2.06 bits per heavy atom. The minimum absolute atomic E-state index is 0.240. The molecule has 0 bridgehead atoms. The average molecular weight is 242 g/mol. The molecule has 0 atom stereocenters. The van der Waals surface area contributed by atoms with E-state index in [1.54, 1.807) is 13.3 Å². The maximum Gasteiger partial charge on any atom is 0.223 e. The zero-order valence-electron chi connectivity index (χ0n) is 10.7. The van der Waals surface area contributed by atoms with Crippen molar-refractivity contribution >= 4 is 12.1 Å². The van der Waals surface area contributed by atoms with Crippen LogP contribution in [0.25, 0.3) is 0 Å². The number of piperidine rings is 1. The Balaban J connectivity index is 2.04. The number of carbonyl (C=O) groups is 1. The highest BCUT2D eigenvalue weighted by molar-refractivity contribution is 5.79. The Morgan fingerprint density at radius 1 is 1.28 bits per heavy atom. The second-order valence-corrected chi connectivity index (χ2v) is 4.47. The van der Waals surface area contributed by atoms with Crippen LogP contribution in [0.2, 0.25) is 0 Å². The van der Waals surface area contributed by atoms with Crippen molar-refractivity contribution in [2.75, 3.05) is 13.6 Å². The van der Waals surface area contributed by atoms with Gasteiger partial charge in [0.2, 0.25) is 5.91 Å². The number of nitrogens with zero attached hydrogens (tertiary/aromatic N) is 2. The van der Waals surface area contributed by atoms with Crippen LogP contribution in [0.15, 0.2) is 47.0 Å². The number of amides is 1. The molecule has 1 aliphatic rings. The number of benzene rings is 1. The molecule has 1 saturated heterocycles. The summed E-state index contributed by atoms with van der Waals surface area (Å²) in [4.78, 5) is 17.7. The third kappa shape index (κ3) is 3.29. The quantitative estimate of drug-likeness (QED) is 0.749. The lowest BCUT2D eigenvalue weighted by Crippen LogP contribution is -2.36. The number of likely N-dealkylation sites (tertiary alicyclic amines) is 1. The summed E-state index contributed by atoms with van der Waals surface area (Å²) in [5.41, 5.74) is 2.45. The number of carbonyl (C=O) groups excluding carboxylic acids is 1. The van der Waals surface area contributed by atoms with Gasteiger partial charge in [0.05, 0.1) is 0 Å². The highest BCUT2D eigenvalue weighted by atomic mass is 16.2. The Morgan fingerprint density at radius 3 is 2.78 bits per heavy atom. The van der Waals surface area contributed by atoms with E-state index in [9.17, 15) is 4.79 Å². The summed E-state index contributed by atoms with van der Waals surface area (Å²) in [6.07, 6.45) is 5.28. The van der Waals surface area contributed by atoms with E-state index in [2.05, 4.69) is 17.1 Å². The van der Waals surface area contributed by atoms with Gasteiger partial charge >= 0.3 is 0 Å². The first-order valence-electron chi connectivity index (χ1n) is 6.21. The van der Waals surface area contributed by atoms with E-state index in [4.69, 9.17) is 0 Å². The van der Waals surface area contributed by atoms with E-state index in [1.807, 2.05) is 29.2 Å². The zero-order valence-corrected chi connectivity index (χ0v) is 10.7. The van der Waals surface area contributed by atoms with Gasteiger partial charge in [-0.2, -0.15) is 0 Å². The molecule has 1 aromatic rings. The number of rotatable bonds is 3. The molecule has 1 aliphatic heterocycles. The van der Waals surface area contributed by atoms with Crippen LogP contribution < -0.4 is 0 Å². The first-order chi connectivity index (χ1) is 8.79. The molecule has 1 heterocycles. The predicted octanol–water partition coefficient (Wildman–Crippen LogP) is 2.44. The maximum atomic E-state index is 11.9. The molecule has 2 rings (SSSR count). The molecule has 1 amide bonds. The van der Waals surface area contributed by atoms with E-state index < -0.39 is 0 Å². The van der Waals surface area contributed by atoms with Crippen LogP contribution in [0.1, 0.15) is 18.4 Å². The molecule has 0 aliphatic carbocycles. The molecule has 0 spiro atoms. The summed E-state index contributed by atoms with van der Waals surface area (Å²) in [5.74, 6) is 0.240. The summed E-state index contributed by atoms with van der Waals surface area (Å²) < 4.78 is 0. The van der Waals surface area contributed by atoms with Crippen LogP contribution in [0.5, 0.6) is 0 Å². The monoisotopic (exact) mass is 242 g/mol. The second-order valence-electron chi connectivity index (χ2n) is 4.47. The van der Waals surface area contributed by atoms with E-state index in [0.29, 0.717) is 13.0 Å². The SMILES string of the molecule is CN=C/C=C1\CCC(=O)N(Cc2ccccc2)C1. The number of allylic oxidation sites excluding steroid dienone is 1. The largest absolute Gasteiger partial charge is 0.334 e. The molecule has 3 heteroatoms. The van der Waals surface area contributed by atoms with Gasteiger partial charge in [-0.05, 0) is 23.6 Å². The highest BCUT2D eigenvalue weighted by Crippen LogP contribution is 2.18. The fraction of sp³-hybridized carbons (Fsp3) is 0.333. The summed E-state index contributed by atoms with van der Waals surface area (Å²) in [5, 5.41) is 0. The van der Waals surface area contributed by atoms with Gasteiger partial charge in [0.25, 0.3) is 0 Å². The van der Waals surface area contributed by atoms with Crippen LogP contribution in [-0.2, 0) is 11.3 Å². The smallest absolute Gasteiger partial charge is 0.223 e. The van der Waals surface area contributed by atoms with Crippen LogP contribution in [-0.4, -0.2) is 30.6 Å². The van der Waals surface area contributed by atoms with Crippen LogP contribution in [0, 0.1) is 0 Å². The Bertz CT molecular complexity index is 463. The molecule has 94 valence electrons. The van der Waals surface area contributed by atoms with Crippen molar-refractivity contribution in [1.82, 2.24) is 4.90 Å². The van der Waals surface area contributed by atoms with Crippen molar-refractivity contribution in [1.29, 1.82) is 0 Å². The molecule has 1 fully saturated rings. The van der Waals surface area contributed by atoms with Crippen molar-refractivity contribution in [3.63, 3.8) is 0 Å². The second kappa shape index (κ2) is 6.15. The minimum atomic E-state index is 0.240. The molecule has 0 unspecified atom stereocenters. The topological polar surface area (TPSA) is 32.7 Å². The number of aliphatic imine (C=N–C) groups is 1. The van der Waals surface area contributed by atoms with Gasteiger partial charge in [0.1, 0.15) is 0 Å². The summed E-state index contributed by atoms with van der Waals surface area (Å²) in [7, 11) is 1.76. The normalized spacial score (nSPS) is 18.8. The molecule has 0 radical (unpaired) electrons. The van der Waals surface area contributed by atoms with E-state index in [-0.39, 0.29) is 5.91 Å². The van der Waals surface area contributed by atoms with Crippen molar-refractivity contribution in [3.8, 4) is 0 Å². The summed E-state index contributed by atoms with van der Waals surface area (Å²) in [6, 6.07) is 10.1. The third-order valence-corrected chi connectivity index (χ3v) is 3.08. The summed E-state index contributed by atoms with van der Waals surface area (Å²) >= 11 is 0. The molecule has 0 aromatic heterocycles. The molecule has 18 heavy (non-hydrogen) atoms. The lowest BCUT2D eigenvalue weighted by molar-refractivity contribution is -0.132. The van der Waals surface area contributed by atoms with Gasteiger partial charge in [-0.3, -0.25) is 9.79 Å². The number of hydrogen-bond acceptors (Lipinski definition) is 2. The van der Waals surface area contributed by atoms with Crippen molar-refractivity contribution in [2.24, 2.45) is 4.99 Å². The van der Waals surface area contributed by atoms with Gasteiger partial charge < -0.3 is 4.90 Å². The molecule has 1 aromatic carbocycles. The lowest BCUT2D eigenvalue weighted by Gasteiger charge is -2.28. The van der Waals surface area contributed by atoms with E-state index in [0.717, 1.165) is 13.0 Å². The Hall–Kier alpha value is -1.90. The summed E-state index contributed by atoms with van der Waals surface area (Å²) in [6.45, 7) is 1.42. The molecular formula is C15H18N2O. The number of hydrogen-bond donors (Lipinski definition) is 0. The first kappa shape index (κ1) is 12.6. The third-order valence-electron chi connectivity index (χ3n) is 3.08. The van der Waals surface area contributed by atoms with Gasteiger partial charge in [-0.1, -0.05) is 30.3 Å². The van der Waals surface area contributed by atoms with Gasteiger partial charge in [-0.25, -0.2) is 0 Å². The highest BCUT2D eigenvalue weighted by Gasteiger charge is 2.20. The van der Waals surface area contributed by atoms with Gasteiger partial charge in [0, 0.05) is 32.8 Å². The Labute approximate surface area is 108 Å². The molecular weight excluding hydrogens is 224 g/mol. The maximum absolute atomic E-state index is 11.9. The predicted molar refractivity (Wildman–Crippen MR) is 73.6 cm³/mol. The Kier molecular flexibility index (Phi) is 4.29. The van der Waals surface area contributed by atoms with Crippen LogP contribution in [0.3, 0.4) is 0 Å². The van der Waals surface area contributed by atoms with Crippen molar-refractivity contribution in [3.05, 3.63) is 47.5 Å². The zero-order chi connectivity index (χ0) is 12.8. The van der Waals surface area contributed by atoms with E-state index in [1.165, 1.54) is 11.1 Å². The van der Waals surface area contributed by atoms with Gasteiger partial charge in [-0.15, -0.1) is 0 Å². The molecule has 0 N–H and O–H groups in total. The first-order valence-corrected chi connectivity index (χ1v) is 6.21. The fourth-order valence-corrected chi connectivity index (χ4v) is 2.10. The van der Waals surface area contributed by atoms with Crippen molar-refractivity contribution in [2.45, 2.75) is 19.4 Å². The molecule has 3 nitrogen and oxygen atoms in total. The molecule has 0 saturated carbocycles. The van der Waals surface area contributed by atoms with Gasteiger partial charge in [0.15, 0.2) is 0 Å². The van der Waals surface area contributed by atoms with E-state index >= 15 is 0 Å².